The molecular weight excluding hydrogens is 465 g/mol. The van der Waals surface area contributed by atoms with Gasteiger partial charge in [-0.1, -0.05) is 34.6 Å². The van der Waals surface area contributed by atoms with Crippen molar-refractivity contribution in [2.45, 2.75) is 85.6 Å². The quantitative estimate of drug-likeness (QED) is 0.474. The Labute approximate surface area is 220 Å². The molecule has 3 atom stereocenters. The topological polar surface area (TPSA) is 65.2 Å². The maximum Gasteiger partial charge on any atom is 0.226 e. The van der Waals surface area contributed by atoms with Crippen LogP contribution in [-0.2, 0) is 16.0 Å². The second-order valence-corrected chi connectivity index (χ2v) is 13.4. The van der Waals surface area contributed by atoms with Crippen LogP contribution in [0.15, 0.2) is 18.2 Å². The molecule has 0 bridgehead atoms. The number of H-pyrrole nitrogens is 1. The summed E-state index contributed by atoms with van der Waals surface area (Å²) in [5.74, 6) is 1.90. The molecule has 2 aromatic rings. The van der Waals surface area contributed by atoms with E-state index in [1.807, 2.05) is 6.07 Å². The number of fused-ring (bicyclic) bond motifs is 3. The predicted molar refractivity (Wildman–Crippen MR) is 145 cm³/mol. The van der Waals surface area contributed by atoms with E-state index >= 15 is 0 Å². The van der Waals surface area contributed by atoms with Crippen LogP contribution in [0.2, 0.25) is 0 Å². The predicted octanol–water partition coefficient (Wildman–Crippen LogP) is 6.38. The molecule has 2 fully saturated rings. The van der Waals surface area contributed by atoms with E-state index < -0.39 is 0 Å². The zero-order valence-electron chi connectivity index (χ0n) is 23.2. The normalized spacial score (nSPS) is 27.9. The monoisotopic (exact) mass is 509 g/mol. The molecule has 2 saturated carbocycles. The molecule has 3 unspecified atom stereocenters. The molecule has 3 aliphatic rings. The van der Waals surface area contributed by atoms with Gasteiger partial charge in [0.15, 0.2) is 0 Å². The van der Waals surface area contributed by atoms with E-state index in [1.165, 1.54) is 11.6 Å². The smallest absolute Gasteiger partial charge is 0.226 e. The van der Waals surface area contributed by atoms with E-state index in [4.69, 9.17) is 0 Å². The Balaban J connectivity index is 1.20. The summed E-state index contributed by atoms with van der Waals surface area (Å²) in [5, 5.41) is 4.30. The van der Waals surface area contributed by atoms with Crippen LogP contribution in [0.4, 0.5) is 4.39 Å². The molecular formula is C31H44FN3O2. The number of aromatic amines is 1. The number of hydrogen-bond acceptors (Lipinski definition) is 2. The molecule has 0 saturated heterocycles. The molecule has 2 aliphatic carbocycles. The van der Waals surface area contributed by atoms with Crippen molar-refractivity contribution in [3.8, 4) is 0 Å². The van der Waals surface area contributed by atoms with Crippen molar-refractivity contribution in [2.75, 3.05) is 13.1 Å². The highest BCUT2D eigenvalue weighted by molar-refractivity contribution is 5.86. The van der Waals surface area contributed by atoms with Crippen molar-refractivity contribution in [1.29, 1.82) is 0 Å². The van der Waals surface area contributed by atoms with Gasteiger partial charge in [0.1, 0.15) is 5.82 Å². The van der Waals surface area contributed by atoms with Crippen LogP contribution in [0.25, 0.3) is 10.9 Å². The number of rotatable bonds is 6. The minimum absolute atomic E-state index is 0.0121. The number of nitrogens with zero attached hydrogens (tertiary/aromatic N) is 1. The fourth-order valence-corrected chi connectivity index (χ4v) is 6.97. The van der Waals surface area contributed by atoms with Crippen LogP contribution < -0.4 is 5.32 Å². The minimum atomic E-state index is -0.237. The van der Waals surface area contributed by atoms with Gasteiger partial charge in [-0.15, -0.1) is 0 Å². The molecule has 2 amide bonds. The first-order valence-electron chi connectivity index (χ1n) is 14.4. The van der Waals surface area contributed by atoms with Gasteiger partial charge in [0.05, 0.1) is 6.04 Å². The summed E-state index contributed by atoms with van der Waals surface area (Å²) >= 11 is 0. The number of carbonyl (C=O) groups excluding carboxylic acids is 2. The van der Waals surface area contributed by atoms with Gasteiger partial charge in [-0.2, -0.15) is 0 Å². The van der Waals surface area contributed by atoms with E-state index in [0.29, 0.717) is 17.8 Å². The van der Waals surface area contributed by atoms with E-state index in [1.54, 1.807) is 6.07 Å². The van der Waals surface area contributed by atoms with Crippen LogP contribution in [0.1, 0.15) is 90.4 Å². The lowest BCUT2D eigenvalue weighted by atomic mass is 9.80. The average Bonchev–Trinajstić information content (AvgIpc) is 3.58. The summed E-state index contributed by atoms with van der Waals surface area (Å²) in [6, 6.07) is 4.98. The lowest BCUT2D eigenvalue weighted by Gasteiger charge is -2.40. The summed E-state index contributed by atoms with van der Waals surface area (Å²) in [4.78, 5) is 32.0. The highest BCUT2D eigenvalue weighted by Gasteiger charge is 2.49. The maximum absolute atomic E-state index is 13.9. The Morgan fingerprint density at radius 3 is 2.54 bits per heavy atom. The number of benzene rings is 1. The number of aromatic nitrogens is 1. The Kier molecular flexibility index (Phi) is 7.14. The first kappa shape index (κ1) is 26.2. The lowest BCUT2D eigenvalue weighted by Crippen LogP contribution is -2.44. The fraction of sp³-hybridized carbons (Fsp3) is 0.677. The van der Waals surface area contributed by atoms with E-state index in [-0.39, 0.29) is 40.9 Å². The lowest BCUT2D eigenvalue weighted by molar-refractivity contribution is -0.140. The zero-order valence-corrected chi connectivity index (χ0v) is 23.2. The van der Waals surface area contributed by atoms with Crippen molar-refractivity contribution in [3.05, 3.63) is 35.3 Å². The molecule has 202 valence electrons. The number of carbonyl (C=O) groups is 2. The van der Waals surface area contributed by atoms with E-state index in [0.717, 1.165) is 74.6 Å². The molecule has 1 aromatic carbocycles. The molecule has 6 heteroatoms. The second-order valence-electron chi connectivity index (χ2n) is 13.4. The summed E-state index contributed by atoms with van der Waals surface area (Å²) in [5.41, 5.74) is 3.37. The molecule has 2 N–H and O–H groups in total. The molecule has 5 rings (SSSR count). The first-order valence-corrected chi connectivity index (χ1v) is 14.4. The van der Waals surface area contributed by atoms with Gasteiger partial charge in [-0.3, -0.25) is 9.59 Å². The van der Waals surface area contributed by atoms with Gasteiger partial charge in [0.2, 0.25) is 11.8 Å². The molecule has 37 heavy (non-hydrogen) atoms. The Hall–Kier alpha value is -2.37. The maximum atomic E-state index is 13.9. The zero-order chi connectivity index (χ0) is 26.5. The van der Waals surface area contributed by atoms with Crippen LogP contribution in [0.3, 0.4) is 0 Å². The standard InChI is InChI=1S/C31H44FN3O2/c1-18(2)14-27-28-23(22-11-10-21(32)15-26(22)34-28)12-13-35(27)30(37)20-8-6-19(7-9-20)17-33-29(36)24-16-25(24)31(3,4)5/h10-11,15,18-20,24-25,27,34H,6-9,12-14,16-17H2,1-5H3,(H,33,36). The third-order valence-electron chi connectivity index (χ3n) is 9.19. The molecule has 1 aliphatic heterocycles. The van der Waals surface area contributed by atoms with E-state index in [9.17, 15) is 14.0 Å². The Morgan fingerprint density at radius 2 is 1.89 bits per heavy atom. The SMILES string of the molecule is CC(C)CC1c2[nH]c3cc(F)ccc3c2CCN1C(=O)C1CCC(CNC(=O)C2CC2C(C)(C)C)CC1. The van der Waals surface area contributed by atoms with Crippen molar-refractivity contribution in [2.24, 2.45) is 35.0 Å². The third kappa shape index (κ3) is 5.44. The fourth-order valence-electron chi connectivity index (χ4n) is 6.97. The van der Waals surface area contributed by atoms with Crippen molar-refractivity contribution in [1.82, 2.24) is 15.2 Å². The highest BCUT2D eigenvalue weighted by Crippen LogP contribution is 2.50. The van der Waals surface area contributed by atoms with Crippen LogP contribution in [0, 0.1) is 40.8 Å². The number of halogens is 1. The molecule has 0 radical (unpaired) electrons. The Morgan fingerprint density at radius 1 is 1.16 bits per heavy atom. The summed E-state index contributed by atoms with van der Waals surface area (Å²) in [6.45, 7) is 12.5. The van der Waals surface area contributed by atoms with E-state index in [2.05, 4.69) is 49.8 Å². The molecule has 5 nitrogen and oxygen atoms in total. The number of amides is 2. The average molecular weight is 510 g/mol. The largest absolute Gasteiger partial charge is 0.356 e. The van der Waals surface area contributed by atoms with Gasteiger partial charge >= 0.3 is 0 Å². The third-order valence-corrected chi connectivity index (χ3v) is 9.19. The molecule has 0 spiro atoms. The minimum Gasteiger partial charge on any atom is -0.356 e. The van der Waals surface area contributed by atoms with Crippen molar-refractivity contribution < 1.29 is 14.0 Å². The number of nitrogens with one attached hydrogen (secondary N) is 2. The van der Waals surface area contributed by atoms with Crippen LogP contribution in [0.5, 0.6) is 0 Å². The van der Waals surface area contributed by atoms with Crippen LogP contribution in [-0.4, -0.2) is 34.8 Å². The van der Waals surface area contributed by atoms with Gasteiger partial charge in [0.25, 0.3) is 0 Å². The molecule has 2 heterocycles. The number of hydrogen-bond donors (Lipinski definition) is 2. The van der Waals surface area contributed by atoms with Gasteiger partial charge in [0, 0.05) is 41.5 Å². The highest BCUT2D eigenvalue weighted by atomic mass is 19.1. The van der Waals surface area contributed by atoms with Gasteiger partial charge in [-0.25, -0.2) is 4.39 Å². The summed E-state index contributed by atoms with van der Waals surface area (Å²) in [7, 11) is 0. The van der Waals surface area contributed by atoms with Crippen molar-refractivity contribution in [3.63, 3.8) is 0 Å². The Bertz CT molecular complexity index is 1160. The summed E-state index contributed by atoms with van der Waals surface area (Å²) in [6.07, 6.45) is 6.47. The van der Waals surface area contributed by atoms with Gasteiger partial charge < -0.3 is 15.2 Å². The summed E-state index contributed by atoms with van der Waals surface area (Å²) < 4.78 is 13.9. The van der Waals surface area contributed by atoms with Gasteiger partial charge in [-0.05, 0) is 91.9 Å². The van der Waals surface area contributed by atoms with Crippen LogP contribution >= 0.6 is 0 Å². The second kappa shape index (κ2) is 10.1. The van der Waals surface area contributed by atoms with Crippen molar-refractivity contribution >= 4 is 22.7 Å². The molecule has 1 aromatic heterocycles. The first-order chi connectivity index (χ1) is 17.5.